The second kappa shape index (κ2) is 7.41. The molecule has 0 spiro atoms. The molecule has 1 aromatic carbocycles. The molecule has 2 aliphatic rings. The number of furan rings is 1. The summed E-state index contributed by atoms with van der Waals surface area (Å²) in [4.78, 5) is 28.7. The lowest BCUT2D eigenvalue weighted by Crippen LogP contribution is -2.65. The van der Waals surface area contributed by atoms with Crippen LogP contribution in [0.25, 0.3) is 11.5 Å². The first-order valence-electron chi connectivity index (χ1n) is 10.6. The highest BCUT2D eigenvalue weighted by molar-refractivity contribution is 6.12. The Morgan fingerprint density at radius 2 is 1.81 bits per heavy atom. The highest BCUT2D eigenvalue weighted by atomic mass is 19.1. The van der Waals surface area contributed by atoms with Crippen LogP contribution in [0, 0.1) is 5.82 Å². The van der Waals surface area contributed by atoms with Gasteiger partial charge in [0.1, 0.15) is 22.8 Å². The van der Waals surface area contributed by atoms with Gasteiger partial charge in [-0.15, -0.1) is 0 Å². The molecule has 1 aliphatic heterocycles. The predicted molar refractivity (Wildman–Crippen MR) is 114 cm³/mol. The van der Waals surface area contributed by atoms with Crippen molar-refractivity contribution in [3.8, 4) is 11.5 Å². The summed E-state index contributed by atoms with van der Waals surface area (Å²) in [7, 11) is 0. The number of fused-ring (bicyclic) bond motifs is 1. The van der Waals surface area contributed by atoms with Gasteiger partial charge in [-0.1, -0.05) is 12.8 Å². The third-order valence-corrected chi connectivity index (χ3v) is 6.40. The first-order chi connectivity index (χ1) is 15.0. The molecule has 2 aromatic heterocycles. The van der Waals surface area contributed by atoms with Crippen molar-refractivity contribution in [1.82, 2.24) is 9.88 Å². The molecule has 1 fully saturated rings. The maximum atomic E-state index is 13.6. The van der Waals surface area contributed by atoms with E-state index in [1.807, 2.05) is 16.7 Å². The van der Waals surface area contributed by atoms with E-state index >= 15 is 0 Å². The number of nitrogens with zero attached hydrogens (tertiary/aromatic N) is 2. The smallest absolute Gasteiger partial charge is 0.275 e. The van der Waals surface area contributed by atoms with Gasteiger partial charge in [0.15, 0.2) is 0 Å². The summed E-state index contributed by atoms with van der Waals surface area (Å²) in [6.45, 7) is 2.03. The van der Waals surface area contributed by atoms with E-state index in [1.165, 1.54) is 17.0 Å². The van der Waals surface area contributed by atoms with Gasteiger partial charge >= 0.3 is 0 Å². The van der Waals surface area contributed by atoms with Crippen LogP contribution in [0.3, 0.4) is 0 Å². The van der Waals surface area contributed by atoms with Gasteiger partial charge in [-0.2, -0.15) is 0 Å². The van der Waals surface area contributed by atoms with Crippen LogP contribution in [0.5, 0.6) is 0 Å². The molecule has 0 saturated heterocycles. The number of anilines is 1. The second-order valence-electron chi connectivity index (χ2n) is 8.51. The number of amides is 2. The van der Waals surface area contributed by atoms with E-state index in [0.717, 1.165) is 31.4 Å². The fraction of sp³-hybridized carbons (Fsp3) is 0.333. The average molecular weight is 421 g/mol. The minimum atomic E-state index is -1.19. The fourth-order valence-electron chi connectivity index (χ4n) is 4.76. The van der Waals surface area contributed by atoms with Crippen molar-refractivity contribution < 1.29 is 18.4 Å². The van der Waals surface area contributed by atoms with E-state index in [2.05, 4.69) is 5.32 Å². The molecule has 7 heteroatoms. The Bertz CT molecular complexity index is 1110. The summed E-state index contributed by atoms with van der Waals surface area (Å²) in [6, 6.07) is 13.0. The van der Waals surface area contributed by atoms with Crippen molar-refractivity contribution in [1.29, 1.82) is 0 Å². The summed E-state index contributed by atoms with van der Waals surface area (Å²) in [5.41, 5.74) is 0.501. The molecule has 1 aliphatic carbocycles. The van der Waals surface area contributed by atoms with Crippen LogP contribution >= 0.6 is 0 Å². The number of rotatable bonds is 4. The molecule has 0 bridgehead atoms. The maximum absolute atomic E-state index is 13.6. The van der Waals surface area contributed by atoms with Gasteiger partial charge < -0.3 is 14.3 Å². The quantitative estimate of drug-likeness (QED) is 0.680. The normalized spacial score (nSPS) is 21.4. The summed E-state index contributed by atoms with van der Waals surface area (Å²) in [6.07, 6.45) is 5.65. The zero-order valence-corrected chi connectivity index (χ0v) is 17.3. The molecule has 1 N–H and O–H groups in total. The summed E-state index contributed by atoms with van der Waals surface area (Å²) >= 11 is 0. The SMILES string of the molecule is CC1(C(=O)NC2CCCC2)Cn2c(ccc2-c2ccco2)C(=O)N1c1ccc(F)cc1. The number of nitrogens with one attached hydrogen (secondary N) is 1. The number of carbonyl (C=O) groups is 2. The molecular formula is C24H24FN3O3. The molecule has 2 amide bonds. The van der Waals surface area contributed by atoms with Crippen LogP contribution in [0.15, 0.2) is 59.2 Å². The summed E-state index contributed by atoms with van der Waals surface area (Å²) < 4.78 is 21.0. The van der Waals surface area contributed by atoms with Crippen LogP contribution in [0.4, 0.5) is 10.1 Å². The van der Waals surface area contributed by atoms with Crippen molar-refractivity contribution in [2.45, 2.75) is 50.7 Å². The van der Waals surface area contributed by atoms with Crippen LogP contribution in [0.2, 0.25) is 0 Å². The Hall–Kier alpha value is -3.35. The van der Waals surface area contributed by atoms with Crippen LogP contribution in [-0.2, 0) is 11.3 Å². The van der Waals surface area contributed by atoms with Gasteiger partial charge in [0.05, 0.1) is 18.5 Å². The number of hydrogen-bond donors (Lipinski definition) is 1. The van der Waals surface area contributed by atoms with Crippen molar-refractivity contribution in [2.24, 2.45) is 0 Å². The second-order valence-corrected chi connectivity index (χ2v) is 8.51. The Balaban J connectivity index is 1.60. The van der Waals surface area contributed by atoms with Gasteiger partial charge in [0, 0.05) is 11.7 Å². The standard InChI is InChI=1S/C24H24FN3O3/c1-24(23(30)26-17-5-2-3-6-17)15-27-19(21-7-4-14-31-21)12-13-20(27)22(29)28(24)18-10-8-16(25)9-11-18/h4,7-14,17H,2-3,5-6,15H2,1H3,(H,26,30). The number of benzene rings is 1. The first kappa shape index (κ1) is 19.6. The van der Waals surface area contributed by atoms with Gasteiger partial charge in [-0.3, -0.25) is 14.5 Å². The lowest BCUT2D eigenvalue weighted by atomic mass is 9.93. The molecule has 6 nitrogen and oxygen atoms in total. The molecular weight excluding hydrogens is 397 g/mol. The average Bonchev–Trinajstić information content (AvgIpc) is 3.50. The molecule has 1 saturated carbocycles. The van der Waals surface area contributed by atoms with Crippen LogP contribution in [0.1, 0.15) is 43.1 Å². The minimum Gasteiger partial charge on any atom is -0.463 e. The topological polar surface area (TPSA) is 67.5 Å². The minimum absolute atomic E-state index is 0.116. The van der Waals surface area contributed by atoms with Gasteiger partial charge in [-0.25, -0.2) is 4.39 Å². The molecule has 3 aromatic rings. The zero-order chi connectivity index (χ0) is 21.6. The van der Waals surface area contributed by atoms with E-state index in [-0.39, 0.29) is 24.4 Å². The fourth-order valence-corrected chi connectivity index (χ4v) is 4.76. The van der Waals surface area contributed by atoms with Gasteiger partial charge in [0.2, 0.25) is 5.91 Å². The maximum Gasteiger partial charge on any atom is 0.275 e. The lowest BCUT2D eigenvalue weighted by molar-refractivity contribution is -0.127. The number of hydrogen-bond acceptors (Lipinski definition) is 3. The monoisotopic (exact) mass is 421 g/mol. The van der Waals surface area contributed by atoms with E-state index in [1.54, 1.807) is 37.5 Å². The van der Waals surface area contributed by atoms with E-state index in [4.69, 9.17) is 4.42 Å². The molecule has 1 atom stereocenters. The number of halogens is 1. The molecule has 31 heavy (non-hydrogen) atoms. The number of aromatic nitrogens is 1. The Morgan fingerprint density at radius 3 is 2.48 bits per heavy atom. The number of carbonyl (C=O) groups excluding carboxylic acids is 2. The molecule has 3 heterocycles. The van der Waals surface area contributed by atoms with Gasteiger partial charge in [0.25, 0.3) is 5.91 Å². The summed E-state index contributed by atoms with van der Waals surface area (Å²) in [5, 5.41) is 3.15. The van der Waals surface area contributed by atoms with Gasteiger partial charge in [-0.05, 0) is 68.3 Å². The highest BCUT2D eigenvalue weighted by Gasteiger charge is 2.49. The lowest BCUT2D eigenvalue weighted by Gasteiger charge is -2.44. The summed E-state index contributed by atoms with van der Waals surface area (Å²) in [5.74, 6) is -0.275. The van der Waals surface area contributed by atoms with Crippen molar-refractivity contribution >= 4 is 17.5 Å². The zero-order valence-electron chi connectivity index (χ0n) is 17.3. The highest BCUT2D eigenvalue weighted by Crippen LogP contribution is 2.36. The van der Waals surface area contributed by atoms with Crippen LogP contribution in [-0.4, -0.2) is 28.0 Å². The molecule has 160 valence electrons. The predicted octanol–water partition coefficient (Wildman–Crippen LogP) is 4.37. The largest absolute Gasteiger partial charge is 0.463 e. The van der Waals surface area contributed by atoms with E-state index in [9.17, 15) is 14.0 Å². The third-order valence-electron chi connectivity index (χ3n) is 6.40. The Morgan fingerprint density at radius 1 is 1.10 bits per heavy atom. The third kappa shape index (κ3) is 3.24. The van der Waals surface area contributed by atoms with E-state index in [0.29, 0.717) is 17.1 Å². The Labute approximate surface area is 179 Å². The molecule has 1 unspecified atom stereocenters. The van der Waals surface area contributed by atoms with Crippen molar-refractivity contribution in [3.05, 3.63) is 66.3 Å². The molecule has 5 rings (SSSR count). The molecule has 0 radical (unpaired) electrons. The van der Waals surface area contributed by atoms with Crippen molar-refractivity contribution in [2.75, 3.05) is 4.90 Å². The van der Waals surface area contributed by atoms with Crippen molar-refractivity contribution in [3.63, 3.8) is 0 Å². The van der Waals surface area contributed by atoms with E-state index < -0.39 is 11.4 Å². The Kier molecular flexibility index (Phi) is 4.68. The first-order valence-corrected chi connectivity index (χ1v) is 10.6. The van der Waals surface area contributed by atoms with Crippen LogP contribution < -0.4 is 10.2 Å².